The van der Waals surface area contributed by atoms with Gasteiger partial charge in [-0.1, -0.05) is 12.2 Å². The van der Waals surface area contributed by atoms with Gasteiger partial charge in [-0.25, -0.2) is 0 Å². The summed E-state index contributed by atoms with van der Waals surface area (Å²) in [6, 6.07) is 0. The maximum absolute atomic E-state index is 8.49. The lowest BCUT2D eigenvalue weighted by Gasteiger charge is -2.02. The summed E-state index contributed by atoms with van der Waals surface area (Å²) in [6.07, 6.45) is 5.92. The van der Waals surface area contributed by atoms with E-state index in [1.807, 2.05) is 32.1 Å². The Morgan fingerprint density at radius 3 is 2.80 bits per heavy atom. The highest BCUT2D eigenvalue weighted by Gasteiger charge is 2.15. The first-order valence-corrected chi connectivity index (χ1v) is 3.32. The zero-order chi connectivity index (χ0) is 7.56. The van der Waals surface area contributed by atoms with Gasteiger partial charge in [0.1, 0.15) is 0 Å². The monoisotopic (exact) mass is 134 g/mol. The fraction of sp³-hybridized carbons (Fsp3) is 0.375. The highest BCUT2D eigenvalue weighted by atomic mass is 14.9. The van der Waals surface area contributed by atoms with Crippen molar-refractivity contribution in [1.29, 1.82) is 0 Å². The van der Waals surface area contributed by atoms with Crippen LogP contribution in [-0.4, -0.2) is 10.5 Å². The van der Waals surface area contributed by atoms with Gasteiger partial charge in [-0.2, -0.15) is 4.79 Å². The predicted octanol–water partition coefficient (Wildman–Crippen LogP) is 1.81. The van der Waals surface area contributed by atoms with Crippen molar-refractivity contribution in [3.05, 3.63) is 29.3 Å². The van der Waals surface area contributed by atoms with E-state index in [0.717, 1.165) is 11.3 Å². The topological polar surface area (TPSA) is 36.4 Å². The Morgan fingerprint density at radius 2 is 2.30 bits per heavy atom. The van der Waals surface area contributed by atoms with Gasteiger partial charge in [0.15, 0.2) is 0 Å². The molecule has 2 heteroatoms. The SMILES string of the molecule is CC1=CC(=[N+]=[N-])C(C)C=C1. The molecule has 0 heterocycles. The molecule has 1 atom stereocenters. The van der Waals surface area contributed by atoms with Crippen LogP contribution in [0.15, 0.2) is 23.8 Å². The Bertz CT molecular complexity index is 242. The van der Waals surface area contributed by atoms with E-state index in [0.29, 0.717) is 0 Å². The van der Waals surface area contributed by atoms with Crippen LogP contribution in [0.2, 0.25) is 0 Å². The molecule has 0 aromatic heterocycles. The molecule has 1 aliphatic rings. The summed E-state index contributed by atoms with van der Waals surface area (Å²) in [7, 11) is 0. The second-order valence-electron chi connectivity index (χ2n) is 2.56. The molecule has 0 fully saturated rings. The van der Waals surface area contributed by atoms with Gasteiger partial charge in [-0.3, -0.25) is 0 Å². The average molecular weight is 134 g/mol. The van der Waals surface area contributed by atoms with Crippen LogP contribution >= 0.6 is 0 Å². The van der Waals surface area contributed by atoms with Crippen LogP contribution < -0.4 is 0 Å². The molecule has 0 spiro atoms. The number of allylic oxidation sites excluding steroid dienone is 4. The third-order valence-corrected chi connectivity index (χ3v) is 1.61. The van der Waals surface area contributed by atoms with Crippen molar-refractivity contribution < 1.29 is 4.79 Å². The summed E-state index contributed by atoms with van der Waals surface area (Å²) in [4.78, 5) is 3.17. The van der Waals surface area contributed by atoms with Crippen molar-refractivity contribution >= 4 is 5.71 Å². The van der Waals surface area contributed by atoms with Crippen LogP contribution in [0, 0.1) is 5.92 Å². The Kier molecular flexibility index (Phi) is 1.83. The molecule has 0 amide bonds. The van der Waals surface area contributed by atoms with E-state index in [2.05, 4.69) is 4.79 Å². The fourth-order valence-corrected chi connectivity index (χ4v) is 0.927. The minimum Gasteiger partial charge on any atom is -0.361 e. The summed E-state index contributed by atoms with van der Waals surface area (Å²) in [5, 5.41) is 0. The van der Waals surface area contributed by atoms with Gasteiger partial charge in [0.05, 0.1) is 5.92 Å². The predicted molar refractivity (Wildman–Crippen MR) is 40.7 cm³/mol. The van der Waals surface area contributed by atoms with E-state index in [1.54, 1.807) is 0 Å². The van der Waals surface area contributed by atoms with Gasteiger partial charge < -0.3 is 5.53 Å². The lowest BCUT2D eigenvalue weighted by Crippen LogP contribution is -2.10. The molecule has 2 nitrogen and oxygen atoms in total. The molecule has 0 saturated heterocycles. The molecule has 1 unspecified atom stereocenters. The first-order valence-electron chi connectivity index (χ1n) is 3.32. The molecular formula is C8H10N2. The van der Waals surface area contributed by atoms with E-state index < -0.39 is 0 Å². The number of nitrogens with zero attached hydrogens (tertiary/aromatic N) is 2. The summed E-state index contributed by atoms with van der Waals surface area (Å²) < 4.78 is 0. The third-order valence-electron chi connectivity index (χ3n) is 1.61. The number of rotatable bonds is 0. The summed E-state index contributed by atoms with van der Waals surface area (Å²) in [5.41, 5.74) is 10.4. The lowest BCUT2D eigenvalue weighted by molar-refractivity contribution is -0.00864. The van der Waals surface area contributed by atoms with E-state index >= 15 is 0 Å². The van der Waals surface area contributed by atoms with E-state index in [1.165, 1.54) is 0 Å². The van der Waals surface area contributed by atoms with E-state index in [4.69, 9.17) is 5.53 Å². The minimum absolute atomic E-state index is 0.244. The molecule has 0 aromatic rings. The third kappa shape index (κ3) is 1.23. The number of hydrogen-bond donors (Lipinski definition) is 0. The van der Waals surface area contributed by atoms with Crippen LogP contribution in [0.4, 0.5) is 0 Å². The first kappa shape index (κ1) is 6.97. The van der Waals surface area contributed by atoms with Crippen LogP contribution in [0.3, 0.4) is 0 Å². The molecule has 1 aliphatic carbocycles. The minimum atomic E-state index is 0.244. The Hall–Kier alpha value is -1.14. The molecule has 0 bridgehead atoms. The Labute approximate surface area is 60.5 Å². The Morgan fingerprint density at radius 1 is 1.60 bits per heavy atom. The molecule has 0 aromatic carbocycles. The van der Waals surface area contributed by atoms with Gasteiger partial charge in [-0.15, -0.1) is 0 Å². The maximum Gasteiger partial charge on any atom is 0.298 e. The number of hydrogen-bond acceptors (Lipinski definition) is 0. The van der Waals surface area contributed by atoms with Crippen LogP contribution in [0.5, 0.6) is 0 Å². The summed E-state index contributed by atoms with van der Waals surface area (Å²) in [6.45, 7) is 3.97. The maximum atomic E-state index is 8.49. The molecule has 0 saturated carbocycles. The Balaban J connectivity index is 2.98. The van der Waals surface area contributed by atoms with Crippen molar-refractivity contribution in [1.82, 2.24) is 0 Å². The van der Waals surface area contributed by atoms with Gasteiger partial charge in [0, 0.05) is 6.08 Å². The molecule has 0 radical (unpaired) electrons. The highest BCUT2D eigenvalue weighted by Crippen LogP contribution is 2.10. The van der Waals surface area contributed by atoms with E-state index in [9.17, 15) is 0 Å². The molecule has 1 rings (SSSR count). The summed E-state index contributed by atoms with van der Waals surface area (Å²) in [5.74, 6) is 0.244. The highest BCUT2D eigenvalue weighted by molar-refractivity contribution is 5.95. The van der Waals surface area contributed by atoms with Crippen molar-refractivity contribution in [2.24, 2.45) is 5.92 Å². The van der Waals surface area contributed by atoms with Crippen LogP contribution in [-0.2, 0) is 0 Å². The smallest absolute Gasteiger partial charge is 0.298 e. The van der Waals surface area contributed by atoms with Crippen LogP contribution in [0.1, 0.15) is 13.8 Å². The van der Waals surface area contributed by atoms with Gasteiger partial charge in [0.25, 0.3) is 5.71 Å². The van der Waals surface area contributed by atoms with Gasteiger partial charge >= 0.3 is 0 Å². The first-order chi connectivity index (χ1) is 4.74. The lowest BCUT2D eigenvalue weighted by atomic mass is 9.97. The second-order valence-corrected chi connectivity index (χ2v) is 2.56. The zero-order valence-electron chi connectivity index (χ0n) is 6.20. The molecule has 52 valence electrons. The normalized spacial score (nSPS) is 24.0. The molecule has 0 N–H and O–H groups in total. The second kappa shape index (κ2) is 2.63. The standard InChI is InChI=1S/C8H10N2/c1-6-3-4-7(2)8(5-6)10-9/h3-5,7H,1-2H3. The van der Waals surface area contributed by atoms with Gasteiger partial charge in [-0.05, 0) is 19.4 Å². The quantitative estimate of drug-likeness (QED) is 0.358. The molecule has 10 heavy (non-hydrogen) atoms. The van der Waals surface area contributed by atoms with Crippen molar-refractivity contribution in [3.63, 3.8) is 0 Å². The molecule has 0 aliphatic heterocycles. The largest absolute Gasteiger partial charge is 0.361 e. The molecular weight excluding hydrogens is 124 g/mol. The fourth-order valence-electron chi connectivity index (χ4n) is 0.927. The van der Waals surface area contributed by atoms with Crippen molar-refractivity contribution in [3.8, 4) is 0 Å². The van der Waals surface area contributed by atoms with E-state index in [-0.39, 0.29) is 5.92 Å². The van der Waals surface area contributed by atoms with Crippen LogP contribution in [0.25, 0.3) is 5.53 Å². The van der Waals surface area contributed by atoms with Crippen molar-refractivity contribution in [2.45, 2.75) is 13.8 Å². The van der Waals surface area contributed by atoms with Crippen molar-refractivity contribution in [2.75, 3.05) is 0 Å². The van der Waals surface area contributed by atoms with Gasteiger partial charge in [0.2, 0.25) is 0 Å². The average Bonchev–Trinajstić information content (AvgIpc) is 1.94. The zero-order valence-corrected chi connectivity index (χ0v) is 6.20. The summed E-state index contributed by atoms with van der Waals surface area (Å²) >= 11 is 0.